The second-order valence-corrected chi connectivity index (χ2v) is 7.95. The highest BCUT2D eigenvalue weighted by molar-refractivity contribution is 6.32. The molecule has 1 N–H and O–H groups in total. The smallest absolute Gasteiger partial charge is 0.254 e. The molecule has 2 aliphatic heterocycles. The Bertz CT molecular complexity index is 854. The molecule has 2 aliphatic rings. The first-order valence-corrected chi connectivity index (χ1v) is 9.37. The Labute approximate surface area is 159 Å². The molecule has 5 heteroatoms. The number of amides is 1. The Hall–Kier alpha value is -2.04. The first-order chi connectivity index (χ1) is 12.5. The molecule has 2 fully saturated rings. The van der Waals surface area contributed by atoms with Crippen LogP contribution in [0.5, 0.6) is 5.75 Å². The lowest BCUT2D eigenvalue weighted by molar-refractivity contribution is 0.0767. The lowest BCUT2D eigenvalue weighted by Gasteiger charge is -2.28. The molecule has 26 heavy (non-hydrogen) atoms. The summed E-state index contributed by atoms with van der Waals surface area (Å²) in [4.78, 5) is 17.2. The van der Waals surface area contributed by atoms with Gasteiger partial charge in [0, 0.05) is 37.2 Å². The van der Waals surface area contributed by atoms with Crippen molar-refractivity contribution in [3.8, 4) is 5.75 Å². The van der Waals surface area contributed by atoms with Gasteiger partial charge in [0.25, 0.3) is 5.91 Å². The van der Waals surface area contributed by atoms with E-state index in [2.05, 4.69) is 43.1 Å². The van der Waals surface area contributed by atoms with E-state index in [0.717, 1.165) is 19.6 Å². The van der Waals surface area contributed by atoms with Crippen LogP contribution in [0.3, 0.4) is 0 Å². The predicted molar refractivity (Wildman–Crippen MR) is 103 cm³/mol. The summed E-state index contributed by atoms with van der Waals surface area (Å²) in [6.45, 7) is 4.67. The Morgan fingerprint density at radius 2 is 1.92 bits per heavy atom. The third-order valence-electron chi connectivity index (χ3n) is 5.88. The zero-order valence-corrected chi connectivity index (χ0v) is 15.8. The zero-order valence-electron chi connectivity index (χ0n) is 15.0. The van der Waals surface area contributed by atoms with Gasteiger partial charge in [-0.15, -0.1) is 0 Å². The maximum Gasteiger partial charge on any atom is 0.254 e. The molecule has 0 unspecified atom stereocenters. The van der Waals surface area contributed by atoms with Crippen LogP contribution in [0.15, 0.2) is 42.5 Å². The minimum Gasteiger partial charge on any atom is -0.506 e. The van der Waals surface area contributed by atoms with Crippen LogP contribution >= 0.6 is 11.6 Å². The van der Waals surface area contributed by atoms with Crippen molar-refractivity contribution in [3.63, 3.8) is 0 Å². The Morgan fingerprint density at radius 1 is 1.15 bits per heavy atom. The molecule has 3 atom stereocenters. The predicted octanol–water partition coefficient (Wildman–Crippen LogP) is 3.73. The number of phenols is 1. The molecule has 0 radical (unpaired) electrons. The second kappa shape index (κ2) is 6.60. The third kappa shape index (κ3) is 2.87. The number of aryl methyl sites for hydroxylation is 1. The van der Waals surface area contributed by atoms with Crippen molar-refractivity contribution in [3.05, 3.63) is 64.2 Å². The van der Waals surface area contributed by atoms with E-state index in [9.17, 15) is 9.90 Å². The number of carbonyl (C=O) groups excluding carboxylic acids is 1. The van der Waals surface area contributed by atoms with Gasteiger partial charge >= 0.3 is 0 Å². The second-order valence-electron chi connectivity index (χ2n) is 7.54. The number of benzene rings is 2. The first-order valence-electron chi connectivity index (χ1n) is 8.99. The molecule has 136 valence electrons. The number of rotatable bonds is 2. The minimum absolute atomic E-state index is 0.0300. The average Bonchev–Trinajstić information content (AvgIpc) is 3.14. The Morgan fingerprint density at radius 3 is 2.65 bits per heavy atom. The number of aromatic hydroxyl groups is 1. The highest BCUT2D eigenvalue weighted by Crippen LogP contribution is 2.45. The van der Waals surface area contributed by atoms with Crippen molar-refractivity contribution >= 4 is 17.5 Å². The summed E-state index contributed by atoms with van der Waals surface area (Å²) in [5, 5.41) is 10.1. The fourth-order valence-corrected chi connectivity index (χ4v) is 4.76. The van der Waals surface area contributed by atoms with Crippen molar-refractivity contribution in [2.24, 2.45) is 11.8 Å². The number of hydrogen-bond donors (Lipinski definition) is 1. The molecule has 2 heterocycles. The number of fused-ring (bicyclic) bond motifs is 1. The first kappa shape index (κ1) is 17.4. The fraction of sp³-hybridized carbons (Fsp3) is 0.381. The summed E-state index contributed by atoms with van der Waals surface area (Å²) in [5.74, 6) is 0.840. The van der Waals surface area contributed by atoms with Gasteiger partial charge in [0.1, 0.15) is 5.75 Å². The summed E-state index contributed by atoms with van der Waals surface area (Å²) >= 11 is 5.86. The molecule has 0 saturated carbocycles. The van der Waals surface area contributed by atoms with Crippen molar-refractivity contribution in [1.82, 2.24) is 9.80 Å². The van der Waals surface area contributed by atoms with Gasteiger partial charge in [-0.25, -0.2) is 0 Å². The number of nitrogens with zero attached hydrogens (tertiary/aromatic N) is 2. The fourth-order valence-electron chi connectivity index (χ4n) is 4.64. The molecule has 0 spiro atoms. The quantitative estimate of drug-likeness (QED) is 0.876. The van der Waals surface area contributed by atoms with Gasteiger partial charge in [-0.05, 0) is 49.2 Å². The minimum atomic E-state index is -0.0468. The van der Waals surface area contributed by atoms with Crippen LogP contribution in [0.4, 0.5) is 0 Å². The van der Waals surface area contributed by atoms with Crippen molar-refractivity contribution < 1.29 is 9.90 Å². The van der Waals surface area contributed by atoms with E-state index in [0.29, 0.717) is 23.4 Å². The van der Waals surface area contributed by atoms with Gasteiger partial charge < -0.3 is 10.0 Å². The normalized spacial score (nSPS) is 25.5. The van der Waals surface area contributed by atoms with Crippen LogP contribution in [0, 0.1) is 18.8 Å². The van der Waals surface area contributed by atoms with E-state index >= 15 is 0 Å². The average molecular weight is 371 g/mol. The van der Waals surface area contributed by atoms with Crippen LogP contribution in [0.1, 0.15) is 27.5 Å². The lowest BCUT2D eigenvalue weighted by Crippen LogP contribution is -2.33. The van der Waals surface area contributed by atoms with Crippen molar-refractivity contribution in [1.29, 1.82) is 0 Å². The van der Waals surface area contributed by atoms with Crippen LogP contribution in [-0.2, 0) is 0 Å². The van der Waals surface area contributed by atoms with E-state index in [4.69, 9.17) is 11.6 Å². The van der Waals surface area contributed by atoms with Gasteiger partial charge in [-0.2, -0.15) is 0 Å². The standard InChI is InChI=1S/C21H23ClN2O2/c1-13-5-3-4-6-16(13)20-17-12-24(11-15(17)10-23(20)2)21(26)14-7-8-18(22)19(25)9-14/h3-9,15,17,20,25H,10-12H2,1-2H3/t15-,17+,20+/m0/s1. The molecular weight excluding hydrogens is 348 g/mol. The van der Waals surface area contributed by atoms with Crippen LogP contribution in [0.2, 0.25) is 5.02 Å². The molecule has 0 aromatic heterocycles. The largest absolute Gasteiger partial charge is 0.506 e. The molecule has 1 amide bonds. The molecule has 0 aliphatic carbocycles. The van der Waals surface area contributed by atoms with E-state index in [1.54, 1.807) is 12.1 Å². The third-order valence-corrected chi connectivity index (χ3v) is 6.20. The van der Waals surface area contributed by atoms with E-state index in [1.807, 2.05) is 4.90 Å². The maximum atomic E-state index is 12.9. The number of likely N-dealkylation sites (tertiary alicyclic amines) is 2. The van der Waals surface area contributed by atoms with Gasteiger partial charge in [0.05, 0.1) is 5.02 Å². The molecule has 2 saturated heterocycles. The van der Waals surface area contributed by atoms with Gasteiger partial charge in [-0.3, -0.25) is 9.69 Å². The number of hydrogen-bond acceptors (Lipinski definition) is 3. The highest BCUT2D eigenvalue weighted by Gasteiger charge is 2.47. The van der Waals surface area contributed by atoms with Gasteiger partial charge in [0.15, 0.2) is 0 Å². The highest BCUT2D eigenvalue weighted by atomic mass is 35.5. The van der Waals surface area contributed by atoms with E-state index in [1.165, 1.54) is 17.2 Å². The number of phenolic OH excluding ortho intramolecular Hbond substituents is 1. The summed E-state index contributed by atoms with van der Waals surface area (Å²) in [6.07, 6.45) is 0. The van der Waals surface area contributed by atoms with Crippen molar-refractivity contribution in [2.45, 2.75) is 13.0 Å². The van der Waals surface area contributed by atoms with E-state index in [-0.39, 0.29) is 16.7 Å². The molecular formula is C21H23ClN2O2. The molecule has 2 aromatic carbocycles. The monoisotopic (exact) mass is 370 g/mol. The lowest BCUT2D eigenvalue weighted by atomic mass is 9.88. The van der Waals surface area contributed by atoms with Crippen LogP contribution in [0.25, 0.3) is 0 Å². The molecule has 2 aromatic rings. The zero-order chi connectivity index (χ0) is 18.4. The summed E-state index contributed by atoms with van der Waals surface area (Å²) < 4.78 is 0. The van der Waals surface area contributed by atoms with Crippen LogP contribution < -0.4 is 0 Å². The Kier molecular flexibility index (Phi) is 4.41. The SMILES string of the molecule is Cc1ccccc1[C@@H]1[C@@H]2CN(C(=O)c3ccc(Cl)c(O)c3)C[C@@H]2CN1C. The Balaban J connectivity index is 1.57. The summed E-state index contributed by atoms with van der Waals surface area (Å²) in [6, 6.07) is 13.6. The number of carbonyl (C=O) groups is 1. The molecule has 0 bridgehead atoms. The molecule has 4 nitrogen and oxygen atoms in total. The van der Waals surface area contributed by atoms with Gasteiger partial charge in [-0.1, -0.05) is 35.9 Å². The van der Waals surface area contributed by atoms with Crippen LogP contribution in [-0.4, -0.2) is 47.5 Å². The summed E-state index contributed by atoms with van der Waals surface area (Å²) in [7, 11) is 2.18. The van der Waals surface area contributed by atoms with Gasteiger partial charge in [0.2, 0.25) is 0 Å². The number of halogens is 1. The summed E-state index contributed by atoms with van der Waals surface area (Å²) in [5.41, 5.74) is 3.16. The maximum absolute atomic E-state index is 12.9. The van der Waals surface area contributed by atoms with Crippen molar-refractivity contribution in [2.75, 3.05) is 26.7 Å². The van der Waals surface area contributed by atoms with E-state index < -0.39 is 0 Å². The topological polar surface area (TPSA) is 43.8 Å². The molecule has 4 rings (SSSR count).